The Morgan fingerprint density at radius 1 is 1.06 bits per heavy atom. The molecule has 1 atom stereocenters. The minimum Gasteiger partial charge on any atom is -0.456 e. The van der Waals surface area contributed by atoms with Gasteiger partial charge >= 0.3 is 0 Å². The van der Waals surface area contributed by atoms with E-state index in [9.17, 15) is 0 Å². The lowest BCUT2D eigenvalue weighted by atomic mass is 10.1. The molecule has 0 aromatic heterocycles. The molecular weight excluding hydrogens is 358 g/mol. The Balaban J connectivity index is 2.18. The molecule has 0 saturated carbocycles. The molecule has 0 heterocycles. The highest BCUT2D eigenvalue weighted by molar-refractivity contribution is 9.11. The number of halogens is 2. The van der Waals surface area contributed by atoms with E-state index in [-0.39, 0.29) is 6.04 Å². The maximum Gasteiger partial charge on any atom is 0.141 e. The van der Waals surface area contributed by atoms with Crippen molar-refractivity contribution < 1.29 is 4.74 Å². The second-order valence-electron chi connectivity index (χ2n) is 4.03. The van der Waals surface area contributed by atoms with E-state index in [1.54, 1.807) is 0 Å². The second kappa shape index (κ2) is 5.87. The summed E-state index contributed by atoms with van der Waals surface area (Å²) in [5.41, 5.74) is 6.90. The SMILES string of the molecule is C[C@H](N)c1ccc(Oc2ccc(Br)cc2Br)cc1. The predicted molar refractivity (Wildman–Crippen MR) is 81.0 cm³/mol. The van der Waals surface area contributed by atoms with Crippen molar-refractivity contribution in [1.29, 1.82) is 0 Å². The highest BCUT2D eigenvalue weighted by atomic mass is 79.9. The third kappa shape index (κ3) is 3.34. The summed E-state index contributed by atoms with van der Waals surface area (Å²) < 4.78 is 7.71. The third-order valence-electron chi connectivity index (χ3n) is 2.53. The van der Waals surface area contributed by atoms with Crippen LogP contribution in [-0.2, 0) is 0 Å². The molecule has 0 amide bonds. The van der Waals surface area contributed by atoms with Crippen LogP contribution in [0.4, 0.5) is 0 Å². The molecular formula is C14H13Br2NO. The zero-order valence-corrected chi connectivity index (χ0v) is 13.0. The van der Waals surface area contributed by atoms with E-state index in [0.29, 0.717) is 0 Å². The van der Waals surface area contributed by atoms with Gasteiger partial charge in [0.25, 0.3) is 0 Å². The molecule has 4 heteroatoms. The first kappa shape index (κ1) is 13.6. The van der Waals surface area contributed by atoms with Crippen molar-refractivity contribution in [1.82, 2.24) is 0 Å². The molecule has 0 radical (unpaired) electrons. The summed E-state index contributed by atoms with van der Waals surface area (Å²) in [6, 6.07) is 13.6. The topological polar surface area (TPSA) is 35.2 Å². The molecule has 2 aromatic rings. The first-order chi connectivity index (χ1) is 8.56. The quantitative estimate of drug-likeness (QED) is 0.822. The minimum absolute atomic E-state index is 0.0402. The summed E-state index contributed by atoms with van der Waals surface area (Å²) in [5, 5.41) is 0. The summed E-state index contributed by atoms with van der Waals surface area (Å²) in [5.74, 6) is 1.58. The largest absolute Gasteiger partial charge is 0.456 e. The van der Waals surface area contributed by atoms with Gasteiger partial charge in [-0.1, -0.05) is 28.1 Å². The van der Waals surface area contributed by atoms with Gasteiger partial charge in [-0.05, 0) is 58.7 Å². The summed E-state index contributed by atoms with van der Waals surface area (Å²) in [4.78, 5) is 0. The number of ether oxygens (including phenoxy) is 1. The van der Waals surface area contributed by atoms with E-state index in [2.05, 4.69) is 31.9 Å². The fourth-order valence-electron chi connectivity index (χ4n) is 1.52. The Morgan fingerprint density at radius 3 is 2.28 bits per heavy atom. The lowest BCUT2D eigenvalue weighted by Crippen LogP contribution is -2.04. The molecule has 2 nitrogen and oxygen atoms in total. The molecule has 94 valence electrons. The molecule has 18 heavy (non-hydrogen) atoms. The average molecular weight is 371 g/mol. The van der Waals surface area contributed by atoms with Gasteiger partial charge in [-0.2, -0.15) is 0 Å². The zero-order chi connectivity index (χ0) is 13.1. The molecule has 2 aromatic carbocycles. The molecule has 0 spiro atoms. The van der Waals surface area contributed by atoms with Crippen LogP contribution in [-0.4, -0.2) is 0 Å². The first-order valence-corrected chi connectivity index (χ1v) is 7.13. The fourth-order valence-corrected chi connectivity index (χ4v) is 2.65. The maximum absolute atomic E-state index is 5.80. The van der Waals surface area contributed by atoms with Crippen LogP contribution >= 0.6 is 31.9 Å². The van der Waals surface area contributed by atoms with Gasteiger partial charge < -0.3 is 10.5 Å². The van der Waals surface area contributed by atoms with Crippen LogP contribution in [0.15, 0.2) is 51.4 Å². The average Bonchev–Trinajstić information content (AvgIpc) is 2.33. The van der Waals surface area contributed by atoms with E-state index in [1.807, 2.05) is 49.4 Å². The smallest absolute Gasteiger partial charge is 0.141 e. The summed E-state index contributed by atoms with van der Waals surface area (Å²) in [7, 11) is 0. The van der Waals surface area contributed by atoms with Gasteiger partial charge in [0.05, 0.1) is 4.47 Å². The van der Waals surface area contributed by atoms with Crippen molar-refractivity contribution in [2.24, 2.45) is 5.73 Å². The Morgan fingerprint density at radius 2 is 1.72 bits per heavy atom. The monoisotopic (exact) mass is 369 g/mol. The van der Waals surface area contributed by atoms with E-state index in [4.69, 9.17) is 10.5 Å². The molecule has 0 aliphatic rings. The summed E-state index contributed by atoms with van der Waals surface area (Å²) in [6.45, 7) is 1.96. The molecule has 2 N–H and O–H groups in total. The van der Waals surface area contributed by atoms with Crippen molar-refractivity contribution in [3.63, 3.8) is 0 Å². The van der Waals surface area contributed by atoms with Gasteiger partial charge in [-0.3, -0.25) is 0 Å². The van der Waals surface area contributed by atoms with Crippen molar-refractivity contribution >= 4 is 31.9 Å². The van der Waals surface area contributed by atoms with E-state index < -0.39 is 0 Å². The molecule has 0 unspecified atom stereocenters. The number of nitrogens with two attached hydrogens (primary N) is 1. The van der Waals surface area contributed by atoms with Gasteiger partial charge in [0.15, 0.2) is 0 Å². The van der Waals surface area contributed by atoms with Crippen LogP contribution < -0.4 is 10.5 Å². The Labute approximate surface area is 123 Å². The van der Waals surface area contributed by atoms with E-state index in [0.717, 1.165) is 26.0 Å². The zero-order valence-electron chi connectivity index (χ0n) is 9.86. The normalized spacial score (nSPS) is 12.2. The number of rotatable bonds is 3. The standard InChI is InChI=1S/C14H13Br2NO/c1-9(17)10-2-5-12(6-3-10)18-14-7-4-11(15)8-13(14)16/h2-9H,17H2,1H3/t9-/m0/s1. The minimum atomic E-state index is 0.0402. The van der Waals surface area contributed by atoms with Crippen LogP contribution in [0.5, 0.6) is 11.5 Å². The molecule has 2 rings (SSSR count). The van der Waals surface area contributed by atoms with Crippen molar-refractivity contribution in [2.45, 2.75) is 13.0 Å². The lowest BCUT2D eigenvalue weighted by molar-refractivity contribution is 0.479. The molecule has 0 aliphatic carbocycles. The highest BCUT2D eigenvalue weighted by Gasteiger charge is 2.04. The maximum atomic E-state index is 5.80. The molecule has 0 aliphatic heterocycles. The first-order valence-electron chi connectivity index (χ1n) is 5.54. The van der Waals surface area contributed by atoms with E-state index >= 15 is 0 Å². The van der Waals surface area contributed by atoms with E-state index in [1.165, 1.54) is 0 Å². The third-order valence-corrected chi connectivity index (χ3v) is 3.64. The van der Waals surface area contributed by atoms with Gasteiger partial charge in [0, 0.05) is 10.5 Å². The van der Waals surface area contributed by atoms with Crippen molar-refractivity contribution in [2.75, 3.05) is 0 Å². The van der Waals surface area contributed by atoms with Crippen LogP contribution in [0.2, 0.25) is 0 Å². The van der Waals surface area contributed by atoms with Crippen LogP contribution in [0.25, 0.3) is 0 Å². The summed E-state index contributed by atoms with van der Waals surface area (Å²) >= 11 is 6.87. The summed E-state index contributed by atoms with van der Waals surface area (Å²) in [6.07, 6.45) is 0. The number of hydrogen-bond acceptors (Lipinski definition) is 2. The van der Waals surface area contributed by atoms with Gasteiger partial charge in [-0.25, -0.2) is 0 Å². The van der Waals surface area contributed by atoms with Gasteiger partial charge in [0.1, 0.15) is 11.5 Å². The number of hydrogen-bond donors (Lipinski definition) is 1. The van der Waals surface area contributed by atoms with Crippen molar-refractivity contribution in [3.05, 3.63) is 57.0 Å². The molecule has 0 bridgehead atoms. The highest BCUT2D eigenvalue weighted by Crippen LogP contribution is 2.32. The molecule has 0 saturated heterocycles. The Hall–Kier alpha value is -0.840. The van der Waals surface area contributed by atoms with Crippen LogP contribution in [0, 0.1) is 0 Å². The Bertz CT molecular complexity index is 538. The van der Waals surface area contributed by atoms with Gasteiger partial charge in [0.2, 0.25) is 0 Å². The second-order valence-corrected chi connectivity index (χ2v) is 5.80. The Kier molecular flexibility index (Phi) is 4.43. The molecule has 0 fully saturated rings. The lowest BCUT2D eigenvalue weighted by Gasteiger charge is -2.10. The van der Waals surface area contributed by atoms with Crippen LogP contribution in [0.1, 0.15) is 18.5 Å². The van der Waals surface area contributed by atoms with Crippen LogP contribution in [0.3, 0.4) is 0 Å². The fraction of sp³-hybridized carbons (Fsp3) is 0.143. The van der Waals surface area contributed by atoms with Gasteiger partial charge in [-0.15, -0.1) is 0 Å². The predicted octanol–water partition coefficient (Wildman–Crippen LogP) is 5.02. The number of benzene rings is 2. The van der Waals surface area contributed by atoms with Crippen molar-refractivity contribution in [3.8, 4) is 11.5 Å².